The largest absolute Gasteiger partial charge is 0.382 e. The summed E-state index contributed by atoms with van der Waals surface area (Å²) in [5, 5.41) is 3.83. The van der Waals surface area contributed by atoms with E-state index in [-0.39, 0.29) is 0 Å². The minimum absolute atomic E-state index is 0.634. The zero-order valence-electron chi connectivity index (χ0n) is 13.4. The van der Waals surface area contributed by atoms with Gasteiger partial charge in [-0.1, -0.05) is 18.2 Å². The van der Waals surface area contributed by atoms with E-state index >= 15 is 0 Å². The van der Waals surface area contributed by atoms with Gasteiger partial charge in [-0.05, 0) is 77.0 Å². The second-order valence-electron chi connectivity index (χ2n) is 6.72. The van der Waals surface area contributed by atoms with Crippen LogP contribution in [-0.2, 0) is 6.54 Å². The van der Waals surface area contributed by atoms with Gasteiger partial charge in [-0.3, -0.25) is 4.90 Å². The Bertz CT molecular complexity index is 440. The highest BCUT2D eigenvalue weighted by Crippen LogP contribution is 2.23. The van der Waals surface area contributed by atoms with E-state index in [4.69, 9.17) is 0 Å². The number of anilines is 1. The highest BCUT2D eigenvalue weighted by atomic mass is 15.1. The van der Waals surface area contributed by atoms with Gasteiger partial charge in [-0.15, -0.1) is 0 Å². The molecule has 1 N–H and O–H groups in total. The lowest BCUT2D eigenvalue weighted by Gasteiger charge is -2.22. The molecule has 3 heteroatoms. The van der Waals surface area contributed by atoms with E-state index in [2.05, 4.69) is 46.4 Å². The molecule has 116 valence electrons. The van der Waals surface area contributed by atoms with Crippen LogP contribution in [0.25, 0.3) is 0 Å². The molecule has 2 fully saturated rings. The first-order chi connectivity index (χ1) is 10.3. The molecule has 1 unspecified atom stereocenters. The van der Waals surface area contributed by atoms with Crippen LogP contribution in [0.2, 0.25) is 0 Å². The van der Waals surface area contributed by atoms with Crippen molar-refractivity contribution in [1.82, 2.24) is 9.80 Å². The van der Waals surface area contributed by atoms with Gasteiger partial charge >= 0.3 is 0 Å². The van der Waals surface area contributed by atoms with Crippen LogP contribution < -0.4 is 5.32 Å². The van der Waals surface area contributed by atoms with Crippen LogP contribution in [0.5, 0.6) is 0 Å². The smallest absolute Gasteiger partial charge is 0.0388 e. The Hall–Kier alpha value is -1.06. The maximum Gasteiger partial charge on any atom is 0.0388 e. The average molecular weight is 287 g/mol. The zero-order chi connectivity index (χ0) is 14.5. The van der Waals surface area contributed by atoms with E-state index in [0.717, 1.165) is 6.54 Å². The fourth-order valence-corrected chi connectivity index (χ4v) is 3.58. The van der Waals surface area contributed by atoms with Crippen molar-refractivity contribution in [3.63, 3.8) is 0 Å². The summed E-state index contributed by atoms with van der Waals surface area (Å²) in [6.07, 6.45) is 6.59. The van der Waals surface area contributed by atoms with Crippen LogP contribution in [-0.4, -0.2) is 49.1 Å². The summed E-state index contributed by atoms with van der Waals surface area (Å²) in [6.45, 7) is 6.10. The molecule has 0 spiro atoms. The van der Waals surface area contributed by atoms with Gasteiger partial charge in [0, 0.05) is 18.3 Å². The van der Waals surface area contributed by atoms with Gasteiger partial charge in [-0.2, -0.15) is 0 Å². The monoisotopic (exact) mass is 287 g/mol. The van der Waals surface area contributed by atoms with Crippen LogP contribution >= 0.6 is 0 Å². The van der Waals surface area contributed by atoms with Gasteiger partial charge in [0.25, 0.3) is 0 Å². The van der Waals surface area contributed by atoms with Gasteiger partial charge in [0.2, 0.25) is 0 Å². The first-order valence-electron chi connectivity index (χ1n) is 8.56. The number of rotatable bonds is 4. The molecule has 0 saturated carbocycles. The normalized spacial score (nSPS) is 24.9. The topological polar surface area (TPSA) is 18.5 Å². The van der Waals surface area contributed by atoms with Crippen molar-refractivity contribution in [2.45, 2.75) is 44.7 Å². The van der Waals surface area contributed by atoms with E-state index in [1.807, 2.05) is 0 Å². The molecule has 1 aromatic rings. The van der Waals surface area contributed by atoms with Crippen LogP contribution in [0.3, 0.4) is 0 Å². The highest BCUT2D eigenvalue weighted by molar-refractivity contribution is 5.51. The summed E-state index contributed by atoms with van der Waals surface area (Å²) in [7, 11) is 2.24. The van der Waals surface area contributed by atoms with Crippen molar-refractivity contribution >= 4 is 5.69 Å². The lowest BCUT2D eigenvalue weighted by molar-refractivity contribution is 0.331. The second-order valence-corrected chi connectivity index (χ2v) is 6.72. The van der Waals surface area contributed by atoms with Crippen molar-refractivity contribution in [3.05, 3.63) is 29.8 Å². The van der Waals surface area contributed by atoms with E-state index in [1.54, 1.807) is 0 Å². The molecule has 3 nitrogen and oxygen atoms in total. The first kappa shape index (κ1) is 14.9. The van der Waals surface area contributed by atoms with Gasteiger partial charge in [0.1, 0.15) is 0 Å². The van der Waals surface area contributed by atoms with E-state index < -0.39 is 0 Å². The fourth-order valence-electron chi connectivity index (χ4n) is 3.58. The van der Waals surface area contributed by atoms with Gasteiger partial charge < -0.3 is 10.2 Å². The number of benzene rings is 1. The van der Waals surface area contributed by atoms with Gasteiger partial charge in [0.15, 0.2) is 0 Å². The summed E-state index contributed by atoms with van der Waals surface area (Å²) in [5.74, 6) is 0. The maximum atomic E-state index is 3.83. The Labute approximate surface area is 129 Å². The molecular weight excluding hydrogens is 258 g/mol. The molecule has 3 rings (SSSR count). The van der Waals surface area contributed by atoms with Crippen LogP contribution in [0.15, 0.2) is 24.3 Å². The Balaban J connectivity index is 1.63. The van der Waals surface area contributed by atoms with Crippen molar-refractivity contribution < 1.29 is 0 Å². The Morgan fingerprint density at radius 3 is 2.67 bits per heavy atom. The molecule has 0 amide bonds. The SMILES string of the molecule is CN1CCCC(Nc2ccccc2CN2CCCC2)CC1. The molecule has 1 aromatic carbocycles. The molecule has 2 aliphatic rings. The minimum atomic E-state index is 0.634. The van der Waals surface area contributed by atoms with Crippen molar-refractivity contribution in [1.29, 1.82) is 0 Å². The molecule has 2 heterocycles. The third-order valence-electron chi connectivity index (χ3n) is 4.92. The fraction of sp³-hybridized carbons (Fsp3) is 0.667. The van der Waals surface area contributed by atoms with Gasteiger partial charge in [0.05, 0.1) is 0 Å². The van der Waals surface area contributed by atoms with Crippen molar-refractivity contribution in [2.24, 2.45) is 0 Å². The number of nitrogens with zero attached hydrogens (tertiary/aromatic N) is 2. The number of nitrogens with one attached hydrogen (secondary N) is 1. The van der Waals surface area contributed by atoms with Crippen molar-refractivity contribution in [2.75, 3.05) is 38.5 Å². The van der Waals surface area contributed by atoms with E-state index in [1.165, 1.54) is 69.5 Å². The average Bonchev–Trinajstić information content (AvgIpc) is 2.91. The standard InChI is InChI=1S/C18H29N3/c1-20-11-6-8-17(10-14-20)19-18-9-3-2-7-16(18)15-21-12-4-5-13-21/h2-3,7,9,17,19H,4-6,8,10-15H2,1H3. The molecule has 21 heavy (non-hydrogen) atoms. The minimum Gasteiger partial charge on any atom is -0.382 e. The first-order valence-corrected chi connectivity index (χ1v) is 8.56. The highest BCUT2D eigenvalue weighted by Gasteiger charge is 2.17. The summed E-state index contributed by atoms with van der Waals surface area (Å²) >= 11 is 0. The van der Waals surface area contributed by atoms with E-state index in [0.29, 0.717) is 6.04 Å². The zero-order valence-corrected chi connectivity index (χ0v) is 13.4. The predicted molar refractivity (Wildman–Crippen MR) is 89.7 cm³/mol. The lowest BCUT2D eigenvalue weighted by Crippen LogP contribution is -2.24. The number of hydrogen-bond donors (Lipinski definition) is 1. The summed E-state index contributed by atoms with van der Waals surface area (Å²) in [4.78, 5) is 5.04. The van der Waals surface area contributed by atoms with Crippen LogP contribution in [0, 0.1) is 0 Å². The molecular formula is C18H29N3. The molecule has 0 aromatic heterocycles. The third-order valence-corrected chi connectivity index (χ3v) is 4.92. The summed E-state index contributed by atoms with van der Waals surface area (Å²) in [6, 6.07) is 9.54. The third kappa shape index (κ3) is 4.21. The molecule has 1 atom stereocenters. The number of hydrogen-bond acceptors (Lipinski definition) is 3. The maximum absolute atomic E-state index is 3.83. The Kier molecular flexibility index (Phi) is 5.15. The molecule has 0 radical (unpaired) electrons. The Morgan fingerprint density at radius 2 is 1.81 bits per heavy atom. The molecule has 0 bridgehead atoms. The Morgan fingerprint density at radius 1 is 1.00 bits per heavy atom. The van der Waals surface area contributed by atoms with Crippen LogP contribution in [0.1, 0.15) is 37.7 Å². The quantitative estimate of drug-likeness (QED) is 0.917. The predicted octanol–water partition coefficient (Wildman–Crippen LogP) is 3.18. The summed E-state index contributed by atoms with van der Waals surface area (Å²) in [5.41, 5.74) is 2.83. The number of para-hydroxylation sites is 1. The van der Waals surface area contributed by atoms with Crippen molar-refractivity contribution in [3.8, 4) is 0 Å². The lowest BCUT2D eigenvalue weighted by atomic mass is 10.1. The van der Waals surface area contributed by atoms with Crippen LogP contribution in [0.4, 0.5) is 5.69 Å². The molecule has 2 aliphatic heterocycles. The molecule has 0 aliphatic carbocycles. The van der Waals surface area contributed by atoms with Gasteiger partial charge in [-0.25, -0.2) is 0 Å². The number of likely N-dealkylation sites (tertiary alicyclic amines) is 2. The summed E-state index contributed by atoms with van der Waals surface area (Å²) < 4.78 is 0. The van der Waals surface area contributed by atoms with E-state index in [9.17, 15) is 0 Å². The second kappa shape index (κ2) is 7.28. The molecule has 2 saturated heterocycles.